The fraction of sp³-hybridized carbons (Fsp3) is 0.467. The van der Waals surface area contributed by atoms with E-state index in [0.29, 0.717) is 17.4 Å². The Hall–Kier alpha value is -2.54. The molecule has 180 valence electrons. The lowest BCUT2D eigenvalue weighted by molar-refractivity contribution is 0.114. The molecular weight excluding hydrogens is 436 g/mol. The molecule has 0 aromatic heterocycles. The number of rotatable bonds is 4. The SMILES string of the molecule is C/C=C/CCC1CCC2CC(c3ccc(C#Cc4ccc(C)c(F)c4F)c(F)c3F)CCC2C1. The number of hydrogen-bond donors (Lipinski definition) is 0. The van der Waals surface area contributed by atoms with E-state index >= 15 is 4.39 Å². The van der Waals surface area contributed by atoms with Crippen molar-refractivity contribution in [1.29, 1.82) is 0 Å². The van der Waals surface area contributed by atoms with E-state index in [1.54, 1.807) is 6.07 Å². The molecule has 0 bridgehead atoms. The van der Waals surface area contributed by atoms with Gasteiger partial charge in [0.05, 0.1) is 11.1 Å². The first-order valence-corrected chi connectivity index (χ1v) is 12.4. The molecule has 4 heteroatoms. The van der Waals surface area contributed by atoms with Crippen LogP contribution in [0.1, 0.15) is 86.5 Å². The van der Waals surface area contributed by atoms with Crippen LogP contribution in [0.5, 0.6) is 0 Å². The lowest BCUT2D eigenvalue weighted by atomic mass is 9.63. The molecule has 2 aromatic rings. The maximum absolute atomic E-state index is 15.0. The van der Waals surface area contributed by atoms with E-state index in [4.69, 9.17) is 0 Å². The Bertz CT molecular complexity index is 1120. The first-order valence-electron chi connectivity index (χ1n) is 12.4. The summed E-state index contributed by atoms with van der Waals surface area (Å²) in [5.74, 6) is 3.10. The summed E-state index contributed by atoms with van der Waals surface area (Å²) in [5.41, 5.74) is 0.273. The molecule has 0 saturated heterocycles. The minimum Gasteiger partial charge on any atom is -0.203 e. The second-order valence-electron chi connectivity index (χ2n) is 9.99. The Balaban J connectivity index is 1.45. The highest BCUT2D eigenvalue weighted by atomic mass is 19.2. The molecule has 34 heavy (non-hydrogen) atoms. The molecule has 2 aliphatic rings. The predicted molar refractivity (Wildman–Crippen MR) is 128 cm³/mol. The molecule has 0 heterocycles. The summed E-state index contributed by atoms with van der Waals surface area (Å²) in [4.78, 5) is 0. The van der Waals surface area contributed by atoms with Crippen molar-refractivity contribution in [3.63, 3.8) is 0 Å². The van der Waals surface area contributed by atoms with Gasteiger partial charge in [0.2, 0.25) is 0 Å². The summed E-state index contributed by atoms with van der Waals surface area (Å²) < 4.78 is 57.7. The summed E-state index contributed by atoms with van der Waals surface area (Å²) in [7, 11) is 0. The van der Waals surface area contributed by atoms with Crippen LogP contribution in [0, 0.1) is 59.8 Å². The first-order chi connectivity index (χ1) is 16.4. The van der Waals surface area contributed by atoms with Crippen LogP contribution in [0.15, 0.2) is 36.4 Å². The van der Waals surface area contributed by atoms with Crippen LogP contribution in [-0.2, 0) is 0 Å². The minimum absolute atomic E-state index is 0.0148. The second-order valence-corrected chi connectivity index (χ2v) is 9.99. The molecule has 0 amide bonds. The number of fused-ring (bicyclic) bond motifs is 1. The lowest BCUT2D eigenvalue weighted by Crippen LogP contribution is -2.30. The van der Waals surface area contributed by atoms with Gasteiger partial charge in [-0.1, -0.05) is 42.5 Å². The molecule has 2 fully saturated rings. The molecule has 0 nitrogen and oxygen atoms in total. The molecule has 0 N–H and O–H groups in total. The normalized spacial score (nSPS) is 24.5. The second kappa shape index (κ2) is 10.8. The van der Waals surface area contributed by atoms with Crippen LogP contribution < -0.4 is 0 Å². The summed E-state index contributed by atoms with van der Waals surface area (Å²) in [6.45, 7) is 3.51. The van der Waals surface area contributed by atoms with Gasteiger partial charge in [-0.3, -0.25) is 0 Å². The molecule has 4 unspecified atom stereocenters. The Morgan fingerprint density at radius 2 is 1.44 bits per heavy atom. The van der Waals surface area contributed by atoms with Crippen molar-refractivity contribution >= 4 is 0 Å². The molecule has 2 aromatic carbocycles. The maximum Gasteiger partial charge on any atom is 0.174 e. The Morgan fingerprint density at radius 3 is 2.18 bits per heavy atom. The van der Waals surface area contributed by atoms with Crippen LogP contribution in [0.3, 0.4) is 0 Å². The van der Waals surface area contributed by atoms with Gasteiger partial charge in [0.1, 0.15) is 0 Å². The maximum atomic E-state index is 15.0. The van der Waals surface area contributed by atoms with Gasteiger partial charge in [-0.2, -0.15) is 0 Å². The van der Waals surface area contributed by atoms with Crippen molar-refractivity contribution in [1.82, 2.24) is 0 Å². The number of allylic oxidation sites excluding steroid dienone is 2. The summed E-state index contributed by atoms with van der Waals surface area (Å²) >= 11 is 0. The van der Waals surface area contributed by atoms with E-state index in [0.717, 1.165) is 31.6 Å². The standard InChI is InChI=1S/C30H32F4/c1-3-4-5-6-20-8-10-24-18-25(14-13-23(24)17-20)26-16-15-22(29(33)30(26)34)12-11-21-9-7-19(2)27(31)28(21)32/h3-4,7,9,15-16,20,23-25H,5-6,8,10,13-14,17-18H2,1-2H3/b4-3+. The average molecular weight is 469 g/mol. The van der Waals surface area contributed by atoms with E-state index < -0.39 is 23.3 Å². The topological polar surface area (TPSA) is 0 Å². The van der Waals surface area contributed by atoms with Crippen molar-refractivity contribution in [3.8, 4) is 11.8 Å². The Morgan fingerprint density at radius 1 is 0.794 bits per heavy atom. The van der Waals surface area contributed by atoms with Gasteiger partial charge >= 0.3 is 0 Å². The van der Waals surface area contributed by atoms with Gasteiger partial charge in [-0.05, 0) is 106 Å². The van der Waals surface area contributed by atoms with Crippen molar-refractivity contribution in [2.24, 2.45) is 17.8 Å². The number of hydrogen-bond acceptors (Lipinski definition) is 0. The summed E-state index contributed by atoms with van der Waals surface area (Å²) in [5, 5.41) is 0. The molecule has 2 saturated carbocycles. The summed E-state index contributed by atoms with van der Waals surface area (Å²) in [6.07, 6.45) is 13.3. The minimum atomic E-state index is -1.07. The van der Waals surface area contributed by atoms with Gasteiger partial charge in [-0.15, -0.1) is 0 Å². The van der Waals surface area contributed by atoms with Crippen LogP contribution >= 0.6 is 0 Å². The number of aryl methyl sites for hydroxylation is 1. The predicted octanol–water partition coefficient (Wildman–Crippen LogP) is 8.61. The smallest absolute Gasteiger partial charge is 0.174 e. The molecule has 0 aliphatic heterocycles. The van der Waals surface area contributed by atoms with Gasteiger partial charge in [0.25, 0.3) is 0 Å². The van der Waals surface area contributed by atoms with Gasteiger partial charge in [0.15, 0.2) is 23.3 Å². The van der Waals surface area contributed by atoms with Crippen molar-refractivity contribution < 1.29 is 17.6 Å². The zero-order valence-electron chi connectivity index (χ0n) is 19.9. The molecule has 0 radical (unpaired) electrons. The third kappa shape index (κ3) is 5.24. The van der Waals surface area contributed by atoms with Crippen LogP contribution in [-0.4, -0.2) is 0 Å². The molecule has 4 atom stereocenters. The first kappa shape index (κ1) is 24.6. The number of halogens is 4. The van der Waals surface area contributed by atoms with Gasteiger partial charge in [0, 0.05) is 0 Å². The molecule has 2 aliphatic carbocycles. The lowest BCUT2D eigenvalue weighted by Gasteiger charge is -2.42. The monoisotopic (exact) mass is 468 g/mol. The highest BCUT2D eigenvalue weighted by molar-refractivity contribution is 5.46. The van der Waals surface area contributed by atoms with Crippen LogP contribution in [0.4, 0.5) is 17.6 Å². The summed E-state index contributed by atoms with van der Waals surface area (Å²) in [6, 6.07) is 5.85. The fourth-order valence-electron chi connectivity index (χ4n) is 5.88. The Labute approximate surface area is 200 Å². The van der Waals surface area contributed by atoms with E-state index in [1.165, 1.54) is 50.8 Å². The van der Waals surface area contributed by atoms with Gasteiger partial charge < -0.3 is 0 Å². The Kier molecular flexibility index (Phi) is 7.81. The van der Waals surface area contributed by atoms with E-state index in [9.17, 15) is 13.2 Å². The van der Waals surface area contributed by atoms with E-state index in [1.807, 2.05) is 0 Å². The van der Waals surface area contributed by atoms with E-state index in [2.05, 4.69) is 30.9 Å². The molecule has 0 spiro atoms. The van der Waals surface area contributed by atoms with Crippen molar-refractivity contribution in [3.05, 3.63) is 81.9 Å². The third-order valence-corrected chi connectivity index (χ3v) is 7.86. The quantitative estimate of drug-likeness (QED) is 0.239. The van der Waals surface area contributed by atoms with Crippen molar-refractivity contribution in [2.75, 3.05) is 0 Å². The number of benzene rings is 2. The average Bonchev–Trinajstić information content (AvgIpc) is 2.84. The third-order valence-electron chi connectivity index (χ3n) is 7.86. The fourth-order valence-corrected chi connectivity index (χ4v) is 5.88. The molecular formula is C30H32F4. The zero-order valence-corrected chi connectivity index (χ0v) is 19.9. The van der Waals surface area contributed by atoms with Crippen molar-refractivity contribution in [2.45, 2.75) is 71.1 Å². The van der Waals surface area contributed by atoms with Crippen LogP contribution in [0.2, 0.25) is 0 Å². The van der Waals surface area contributed by atoms with E-state index in [-0.39, 0.29) is 22.6 Å². The van der Waals surface area contributed by atoms with Crippen LogP contribution in [0.25, 0.3) is 0 Å². The molecule has 4 rings (SSSR count). The zero-order chi connectivity index (χ0) is 24.2. The highest BCUT2D eigenvalue weighted by Crippen LogP contribution is 2.48. The largest absolute Gasteiger partial charge is 0.203 e. The highest BCUT2D eigenvalue weighted by Gasteiger charge is 2.36. The van der Waals surface area contributed by atoms with Gasteiger partial charge in [-0.25, -0.2) is 17.6 Å².